The van der Waals surface area contributed by atoms with Crippen LogP contribution in [0.4, 0.5) is 0 Å². The van der Waals surface area contributed by atoms with Crippen molar-refractivity contribution in [3.8, 4) is 0 Å². The summed E-state index contributed by atoms with van der Waals surface area (Å²) in [4.78, 5) is 0. The van der Waals surface area contributed by atoms with Crippen molar-refractivity contribution in [3.63, 3.8) is 0 Å². The van der Waals surface area contributed by atoms with E-state index in [4.69, 9.17) is 6.92 Å². The number of fused-ring (bicyclic) bond motifs is 2. The first kappa shape index (κ1) is 101. The van der Waals surface area contributed by atoms with Crippen LogP contribution in [0.25, 0.3) is 0 Å². The van der Waals surface area contributed by atoms with E-state index < -0.39 is 5.54 Å². The normalized spacial score (nSPS) is 9.94. The average Bonchev–Trinajstić information content (AvgIpc) is 3.06. The predicted octanol–water partition coefficient (Wildman–Crippen LogP) is 12.7. The van der Waals surface area contributed by atoms with E-state index in [1.54, 1.807) is 0 Å². The van der Waals surface area contributed by atoms with E-state index in [1.165, 1.54) is 22.4 Å². The summed E-state index contributed by atoms with van der Waals surface area (Å²) in [6.07, 6.45) is 3.86. The van der Waals surface area contributed by atoms with Gasteiger partial charge in [-0.2, -0.15) is 37.1 Å². The molecule has 0 spiro atoms. The molecule has 1 aliphatic heterocycles. The van der Waals surface area contributed by atoms with Crippen molar-refractivity contribution < 1.29 is 299 Å². The molecular formula is C40H72NY9-3. The summed E-state index contributed by atoms with van der Waals surface area (Å²) in [5.41, 5.74) is 6.80. The molecule has 50 heavy (non-hydrogen) atoms. The van der Waals surface area contributed by atoms with Gasteiger partial charge in [-0.3, -0.25) is 6.92 Å². The first-order chi connectivity index (χ1) is 19.6. The smallest absolute Gasteiger partial charge is 0.182 e. The Morgan fingerprint density at radius 3 is 1.26 bits per heavy atom. The zero-order valence-electron chi connectivity index (χ0n) is 36.0. The van der Waals surface area contributed by atoms with Crippen molar-refractivity contribution in [2.75, 3.05) is 0 Å². The number of rotatable bonds is 2. The maximum atomic E-state index is 4.70. The fourth-order valence-electron chi connectivity index (χ4n) is 3.97. The molecule has 0 bridgehead atoms. The zero-order valence-corrected chi connectivity index (χ0v) is 61.6. The minimum atomic E-state index is -0.406. The summed E-state index contributed by atoms with van der Waals surface area (Å²) in [7, 11) is 0. The van der Waals surface area contributed by atoms with Crippen LogP contribution in [0.3, 0.4) is 0 Å². The number of hydrogen-bond acceptors (Lipinski definition) is 0. The Morgan fingerprint density at radius 1 is 0.500 bits per heavy atom. The molecule has 0 saturated heterocycles. The Balaban J connectivity index is -0.0000000324. The molecule has 1 nitrogen and oxygen atoms in total. The van der Waals surface area contributed by atoms with E-state index in [2.05, 4.69) is 79.2 Å². The Hall–Kier alpha value is 7.27. The number of nitrogens with zero attached hydrogens (tertiary/aromatic N) is 1. The van der Waals surface area contributed by atoms with Crippen LogP contribution in [-0.2, 0) is 313 Å². The Labute approximate surface area is 544 Å². The topological polar surface area (TPSA) is 3.88 Å². The van der Waals surface area contributed by atoms with Gasteiger partial charge >= 0.3 is 0 Å². The number of aromatic nitrogens is 1. The number of hydrogen-bond donors (Lipinski definition) is 0. The molecular weight excluding hydrogens is 1290 g/mol. The fraction of sp³-hybridized carbons (Fsp3) is 0.475. The third-order valence-electron chi connectivity index (χ3n) is 5.08. The van der Waals surface area contributed by atoms with Gasteiger partial charge in [0, 0.05) is 318 Å². The van der Waals surface area contributed by atoms with Crippen LogP contribution in [0.1, 0.15) is 144 Å². The molecule has 0 N–H and O–H groups in total. The van der Waals surface area contributed by atoms with Crippen LogP contribution in [0.5, 0.6) is 0 Å². The minimum Gasteiger partial charge on any atom is -0.358 e. The third-order valence-corrected chi connectivity index (χ3v) is 5.08. The second-order valence-corrected chi connectivity index (χ2v) is 6.67. The van der Waals surface area contributed by atoms with Crippen LogP contribution < -0.4 is 4.57 Å². The van der Waals surface area contributed by atoms with Crippen molar-refractivity contribution in [1.29, 1.82) is 0 Å². The maximum Gasteiger partial charge on any atom is 0.182 e. The van der Waals surface area contributed by atoms with Gasteiger partial charge in [0.2, 0.25) is 0 Å². The molecule has 0 unspecified atom stereocenters. The quantitative estimate of drug-likeness (QED) is 0.178. The summed E-state index contributed by atoms with van der Waals surface area (Å²) in [5.74, 6) is 0. The van der Waals surface area contributed by atoms with Crippen LogP contribution in [0.2, 0.25) is 0 Å². The number of pyridine rings is 1. The standard InChI is InChI=1S/C23H21N.8C2H6.CH3.9Y/c1-17-9-4-5-11-20(17)16-23(3)22-18(2)10-8-12-19(22)15-21-13-6-7-14-24(21)23;8*1-2;;;;;;;;;;/h4-14H,1-3,15-16H2;8*1-2H3;1H3;;;;;;;;;/q-2;;;;;;;;;-1;;;;;;;;;/t23-;;;;;;;;;;;;;;;;;;/m0................../s1. The van der Waals surface area contributed by atoms with Gasteiger partial charge in [0.25, 0.3) is 0 Å². The second-order valence-electron chi connectivity index (χ2n) is 6.67. The minimum absolute atomic E-state index is 0. The molecule has 267 valence electrons. The summed E-state index contributed by atoms with van der Waals surface area (Å²) in [5, 5.41) is 0. The third kappa shape index (κ3) is 39.4. The van der Waals surface area contributed by atoms with Gasteiger partial charge in [0.1, 0.15) is 0 Å². The Bertz CT molecular complexity index is 944. The molecule has 1 atom stereocenters. The molecule has 10 heteroatoms. The first-order valence-corrected chi connectivity index (χ1v) is 16.3. The molecule has 2 aromatic carbocycles. The summed E-state index contributed by atoms with van der Waals surface area (Å²) in [6.45, 7) is 45.2. The van der Waals surface area contributed by atoms with Gasteiger partial charge in [-0.1, -0.05) is 135 Å². The van der Waals surface area contributed by atoms with E-state index in [9.17, 15) is 0 Å². The predicted molar refractivity (Wildman–Crippen MR) is 195 cm³/mol. The van der Waals surface area contributed by atoms with Gasteiger partial charge in [-0.15, -0.1) is 29.3 Å². The Morgan fingerprint density at radius 2 is 0.860 bits per heavy atom. The monoisotopic (exact) mass is 1370 g/mol. The van der Waals surface area contributed by atoms with Crippen molar-refractivity contribution >= 4 is 0 Å². The molecule has 1 aromatic heterocycles. The first-order valence-electron chi connectivity index (χ1n) is 16.3. The van der Waals surface area contributed by atoms with E-state index in [0.717, 1.165) is 24.0 Å². The Kier molecular flexibility index (Phi) is 156. The summed E-state index contributed by atoms with van der Waals surface area (Å²) in [6, 6.07) is 21.1. The molecule has 4 rings (SSSR count). The summed E-state index contributed by atoms with van der Waals surface area (Å²) < 4.78 is 2.32. The van der Waals surface area contributed by atoms with Crippen molar-refractivity contribution in [1.82, 2.24) is 0 Å². The van der Waals surface area contributed by atoms with E-state index in [1.807, 2.05) is 117 Å². The molecule has 0 amide bonds. The molecule has 1 aliphatic rings. The van der Waals surface area contributed by atoms with Crippen LogP contribution in [-0.4, -0.2) is 0 Å². The number of benzene rings is 2. The molecule has 0 aliphatic carbocycles. The molecule has 0 fully saturated rings. The van der Waals surface area contributed by atoms with Crippen LogP contribution >= 0.6 is 0 Å². The second kappa shape index (κ2) is 76.9. The van der Waals surface area contributed by atoms with Crippen molar-refractivity contribution in [2.45, 2.75) is 129 Å². The fourth-order valence-corrected chi connectivity index (χ4v) is 3.97. The zero-order chi connectivity index (χ0) is 32.7. The molecule has 9 radical (unpaired) electrons. The van der Waals surface area contributed by atoms with E-state index in [0.29, 0.717) is 0 Å². The van der Waals surface area contributed by atoms with Crippen LogP contribution in [0.15, 0.2) is 66.9 Å². The van der Waals surface area contributed by atoms with E-state index in [-0.39, 0.29) is 302 Å². The van der Waals surface area contributed by atoms with Gasteiger partial charge in [0.05, 0.1) is 0 Å². The van der Waals surface area contributed by atoms with E-state index >= 15 is 0 Å². The van der Waals surface area contributed by atoms with Gasteiger partial charge in [-0.05, 0) is 6.42 Å². The molecule has 3 aromatic rings. The SMILES string of the molecule is CC.CC.CC.CC.CC.CC.CC.CC.[CH2-]c1ccccc1C[C@@]1([CH2-])c2c([CH2-])cccc2Cc2cccc[n+]21.[CH3-].[Y].[Y].[Y].[Y].[Y].[Y].[Y].[Y].[Y]. The van der Waals surface area contributed by atoms with Crippen molar-refractivity contribution in [3.05, 3.63) is 129 Å². The maximum absolute atomic E-state index is 4.70. The van der Waals surface area contributed by atoms with Crippen molar-refractivity contribution in [2.24, 2.45) is 0 Å². The van der Waals surface area contributed by atoms with Gasteiger partial charge < -0.3 is 7.43 Å². The van der Waals surface area contributed by atoms with Gasteiger partial charge in [0.15, 0.2) is 11.9 Å². The average molecular weight is 1370 g/mol. The molecule has 2 heterocycles. The molecule has 0 saturated carbocycles. The van der Waals surface area contributed by atoms with Gasteiger partial charge in [-0.25, -0.2) is 4.57 Å². The largest absolute Gasteiger partial charge is 0.358 e. The summed E-state index contributed by atoms with van der Waals surface area (Å²) >= 11 is 0. The van der Waals surface area contributed by atoms with Crippen LogP contribution in [0, 0.1) is 28.2 Å².